The number of guanidine groups is 1. The molecule has 0 aromatic heterocycles. The van der Waals surface area contributed by atoms with E-state index in [1.165, 1.54) is 7.11 Å². The Morgan fingerprint density at radius 2 is 2.06 bits per heavy atom. The van der Waals surface area contributed by atoms with Crippen molar-refractivity contribution in [1.82, 2.24) is 10.2 Å². The number of esters is 1. The standard InChI is InChI=1S/C12H23N3O2.HI/c1-4-7-14-12(13-2)15-8-5-10(6-9-15)11(16)17-3;/h10H,4-9H2,1-3H3,(H,13,14);1H. The molecule has 18 heavy (non-hydrogen) atoms. The number of nitrogens with zero attached hydrogens (tertiary/aromatic N) is 2. The third-order valence-corrected chi connectivity index (χ3v) is 3.07. The molecule has 0 aromatic carbocycles. The van der Waals surface area contributed by atoms with Gasteiger partial charge in [0.2, 0.25) is 0 Å². The van der Waals surface area contributed by atoms with Crippen LogP contribution in [0.25, 0.3) is 0 Å². The smallest absolute Gasteiger partial charge is 0.308 e. The number of hydrogen-bond donors (Lipinski definition) is 1. The van der Waals surface area contributed by atoms with E-state index in [-0.39, 0.29) is 35.9 Å². The highest BCUT2D eigenvalue weighted by Gasteiger charge is 2.26. The Morgan fingerprint density at radius 1 is 1.44 bits per heavy atom. The summed E-state index contributed by atoms with van der Waals surface area (Å²) in [6.45, 7) is 4.79. The highest BCUT2D eigenvalue weighted by atomic mass is 127. The van der Waals surface area contributed by atoms with Crippen LogP contribution in [0, 0.1) is 5.92 Å². The predicted octanol–water partition coefficient (Wildman–Crippen LogP) is 1.47. The Morgan fingerprint density at radius 3 is 2.50 bits per heavy atom. The van der Waals surface area contributed by atoms with Crippen molar-refractivity contribution in [2.24, 2.45) is 10.9 Å². The average Bonchev–Trinajstić information content (AvgIpc) is 2.39. The van der Waals surface area contributed by atoms with Crippen molar-refractivity contribution in [3.63, 3.8) is 0 Å². The molecule has 0 aliphatic carbocycles. The second-order valence-electron chi connectivity index (χ2n) is 4.26. The van der Waals surface area contributed by atoms with E-state index in [4.69, 9.17) is 4.74 Å². The third-order valence-electron chi connectivity index (χ3n) is 3.07. The molecular formula is C12H24IN3O2. The minimum absolute atomic E-state index is 0. The van der Waals surface area contributed by atoms with Crippen molar-refractivity contribution in [3.05, 3.63) is 0 Å². The van der Waals surface area contributed by atoms with Crippen LogP contribution in [-0.2, 0) is 9.53 Å². The number of methoxy groups -OCH3 is 1. The maximum Gasteiger partial charge on any atom is 0.308 e. The van der Waals surface area contributed by atoms with Gasteiger partial charge >= 0.3 is 5.97 Å². The predicted molar refractivity (Wildman–Crippen MR) is 83.4 cm³/mol. The number of ether oxygens (including phenoxy) is 1. The summed E-state index contributed by atoms with van der Waals surface area (Å²) in [7, 11) is 3.25. The molecule has 0 unspecified atom stereocenters. The van der Waals surface area contributed by atoms with Gasteiger partial charge in [0.1, 0.15) is 0 Å². The fourth-order valence-corrected chi connectivity index (χ4v) is 2.06. The van der Waals surface area contributed by atoms with Gasteiger partial charge in [0, 0.05) is 26.7 Å². The fourth-order valence-electron chi connectivity index (χ4n) is 2.06. The Balaban J connectivity index is 0.00000289. The zero-order valence-corrected chi connectivity index (χ0v) is 13.8. The van der Waals surface area contributed by atoms with Gasteiger partial charge in [-0.05, 0) is 19.3 Å². The molecule has 0 atom stereocenters. The van der Waals surface area contributed by atoms with E-state index in [1.807, 2.05) is 0 Å². The molecule has 0 spiro atoms. The van der Waals surface area contributed by atoms with Crippen molar-refractivity contribution in [3.8, 4) is 0 Å². The Kier molecular flexibility index (Phi) is 9.13. The zero-order chi connectivity index (χ0) is 12.7. The molecule has 6 heteroatoms. The highest BCUT2D eigenvalue weighted by Crippen LogP contribution is 2.18. The van der Waals surface area contributed by atoms with Gasteiger partial charge < -0.3 is 15.0 Å². The summed E-state index contributed by atoms with van der Waals surface area (Å²) in [6, 6.07) is 0. The molecule has 1 rings (SSSR count). The Hall–Kier alpha value is -0.530. The number of halogens is 1. The lowest BCUT2D eigenvalue weighted by atomic mass is 9.97. The van der Waals surface area contributed by atoms with Crippen molar-refractivity contribution < 1.29 is 9.53 Å². The lowest BCUT2D eigenvalue weighted by molar-refractivity contribution is -0.146. The van der Waals surface area contributed by atoms with Crippen LogP contribution in [0.4, 0.5) is 0 Å². The summed E-state index contributed by atoms with van der Waals surface area (Å²) < 4.78 is 4.77. The summed E-state index contributed by atoms with van der Waals surface area (Å²) in [4.78, 5) is 17.9. The van der Waals surface area contributed by atoms with Gasteiger partial charge in [0.25, 0.3) is 0 Å². The van der Waals surface area contributed by atoms with E-state index in [9.17, 15) is 4.79 Å². The normalized spacial score (nSPS) is 17.1. The van der Waals surface area contributed by atoms with E-state index in [0.29, 0.717) is 0 Å². The molecule has 0 radical (unpaired) electrons. The molecule has 1 aliphatic heterocycles. The molecule has 1 saturated heterocycles. The minimum atomic E-state index is -0.0823. The van der Waals surface area contributed by atoms with Gasteiger partial charge in [-0.25, -0.2) is 0 Å². The number of rotatable bonds is 3. The third kappa shape index (κ3) is 4.99. The molecular weight excluding hydrogens is 345 g/mol. The van der Waals surface area contributed by atoms with Crippen LogP contribution in [0.5, 0.6) is 0 Å². The van der Waals surface area contributed by atoms with Crippen molar-refractivity contribution in [1.29, 1.82) is 0 Å². The van der Waals surface area contributed by atoms with E-state index in [1.54, 1.807) is 7.05 Å². The quantitative estimate of drug-likeness (QED) is 0.354. The highest BCUT2D eigenvalue weighted by molar-refractivity contribution is 14.0. The Bertz CT molecular complexity index is 276. The van der Waals surface area contributed by atoms with Gasteiger partial charge in [-0.1, -0.05) is 6.92 Å². The van der Waals surface area contributed by atoms with Gasteiger partial charge in [-0.2, -0.15) is 0 Å². The molecule has 0 aromatic rings. The first-order valence-corrected chi connectivity index (χ1v) is 6.26. The summed E-state index contributed by atoms with van der Waals surface area (Å²) in [5, 5.41) is 3.31. The van der Waals surface area contributed by atoms with Crippen LogP contribution in [0.1, 0.15) is 26.2 Å². The van der Waals surface area contributed by atoms with E-state index in [2.05, 4.69) is 22.1 Å². The molecule has 1 heterocycles. The van der Waals surface area contributed by atoms with E-state index >= 15 is 0 Å². The monoisotopic (exact) mass is 369 g/mol. The number of aliphatic imine (C=N–C) groups is 1. The van der Waals surface area contributed by atoms with E-state index < -0.39 is 0 Å². The number of carbonyl (C=O) groups is 1. The van der Waals surface area contributed by atoms with Gasteiger partial charge in [0.05, 0.1) is 13.0 Å². The SMILES string of the molecule is CCCNC(=NC)N1CCC(C(=O)OC)CC1.I. The molecule has 1 N–H and O–H groups in total. The average molecular weight is 369 g/mol. The first kappa shape index (κ1) is 17.5. The van der Waals surface area contributed by atoms with Crippen LogP contribution >= 0.6 is 24.0 Å². The first-order chi connectivity index (χ1) is 8.22. The number of piperidine rings is 1. The van der Waals surface area contributed by atoms with Gasteiger partial charge in [0.15, 0.2) is 5.96 Å². The maximum atomic E-state index is 11.4. The summed E-state index contributed by atoms with van der Waals surface area (Å²) in [6.07, 6.45) is 2.77. The van der Waals surface area contributed by atoms with Crippen LogP contribution in [-0.4, -0.2) is 50.6 Å². The maximum absolute atomic E-state index is 11.4. The van der Waals surface area contributed by atoms with Crippen LogP contribution < -0.4 is 5.32 Å². The lowest BCUT2D eigenvalue weighted by Crippen LogP contribution is -2.46. The number of nitrogens with one attached hydrogen (secondary N) is 1. The van der Waals surface area contributed by atoms with Crippen LogP contribution in [0.2, 0.25) is 0 Å². The van der Waals surface area contributed by atoms with Crippen molar-refractivity contribution >= 4 is 35.9 Å². The molecule has 0 bridgehead atoms. The van der Waals surface area contributed by atoms with Gasteiger partial charge in [-0.15, -0.1) is 24.0 Å². The largest absolute Gasteiger partial charge is 0.469 e. The summed E-state index contributed by atoms with van der Waals surface area (Å²) >= 11 is 0. The van der Waals surface area contributed by atoms with E-state index in [0.717, 1.165) is 44.9 Å². The molecule has 106 valence electrons. The second kappa shape index (κ2) is 9.41. The number of carbonyl (C=O) groups excluding carboxylic acids is 1. The molecule has 1 fully saturated rings. The summed E-state index contributed by atoms with van der Waals surface area (Å²) in [5.41, 5.74) is 0. The first-order valence-electron chi connectivity index (χ1n) is 6.26. The van der Waals surface area contributed by atoms with Gasteiger partial charge in [-0.3, -0.25) is 9.79 Å². The van der Waals surface area contributed by atoms with Crippen molar-refractivity contribution in [2.45, 2.75) is 26.2 Å². The number of hydrogen-bond acceptors (Lipinski definition) is 3. The zero-order valence-electron chi connectivity index (χ0n) is 11.4. The minimum Gasteiger partial charge on any atom is -0.469 e. The van der Waals surface area contributed by atoms with Crippen molar-refractivity contribution in [2.75, 3.05) is 33.8 Å². The fraction of sp³-hybridized carbons (Fsp3) is 0.833. The van der Waals surface area contributed by atoms with Crippen LogP contribution in [0.15, 0.2) is 4.99 Å². The van der Waals surface area contributed by atoms with Crippen LogP contribution in [0.3, 0.4) is 0 Å². The molecule has 5 nitrogen and oxygen atoms in total. The lowest BCUT2D eigenvalue weighted by Gasteiger charge is -2.33. The Labute approximate surface area is 126 Å². The molecule has 1 aliphatic rings. The number of likely N-dealkylation sites (tertiary alicyclic amines) is 1. The topological polar surface area (TPSA) is 53.9 Å². The molecule has 0 saturated carbocycles. The summed E-state index contributed by atoms with van der Waals surface area (Å²) in [5.74, 6) is 0.914. The molecule has 0 amide bonds. The second-order valence-corrected chi connectivity index (χ2v) is 4.26.